The van der Waals surface area contributed by atoms with E-state index >= 15 is 0 Å². The number of carbonyl (C=O) groups is 2. The van der Waals surface area contributed by atoms with Crippen molar-refractivity contribution in [2.45, 2.75) is 46.1 Å². The number of anilines is 1. The van der Waals surface area contributed by atoms with Gasteiger partial charge in [0.15, 0.2) is 0 Å². The standard InChI is InChI=1S/C25H25F3N2O3/c1-14-5-6-18(11-15(14)2)21-22(29-12-16(3)33-17(4)13-29)24(32)30(23(21)31)20-9-7-19(8-10-20)25(26,27)28/h5-11,16-17H,12-13H2,1-4H3. The number of halogens is 3. The summed E-state index contributed by atoms with van der Waals surface area (Å²) in [5.41, 5.74) is 2.39. The van der Waals surface area contributed by atoms with E-state index in [2.05, 4.69) is 0 Å². The summed E-state index contributed by atoms with van der Waals surface area (Å²) in [6, 6.07) is 9.61. The van der Waals surface area contributed by atoms with Crippen LogP contribution in [-0.4, -0.2) is 42.0 Å². The highest BCUT2D eigenvalue weighted by molar-refractivity contribution is 6.45. The first-order valence-corrected chi connectivity index (χ1v) is 10.8. The van der Waals surface area contributed by atoms with Gasteiger partial charge in [0.05, 0.1) is 29.0 Å². The van der Waals surface area contributed by atoms with Crippen molar-refractivity contribution >= 4 is 23.1 Å². The van der Waals surface area contributed by atoms with Crippen LogP contribution in [0.5, 0.6) is 0 Å². The lowest BCUT2D eigenvalue weighted by Crippen LogP contribution is -2.47. The molecule has 2 aliphatic heterocycles. The minimum absolute atomic E-state index is 0.101. The van der Waals surface area contributed by atoms with Gasteiger partial charge in [0.1, 0.15) is 5.70 Å². The Hall–Kier alpha value is -3.13. The molecule has 174 valence electrons. The summed E-state index contributed by atoms with van der Waals surface area (Å²) in [6.45, 7) is 8.52. The number of imide groups is 1. The van der Waals surface area contributed by atoms with Gasteiger partial charge in [-0.2, -0.15) is 13.2 Å². The lowest BCUT2D eigenvalue weighted by molar-refractivity contribution is -0.137. The molecule has 2 atom stereocenters. The number of rotatable bonds is 3. The van der Waals surface area contributed by atoms with E-state index in [1.165, 1.54) is 0 Å². The van der Waals surface area contributed by atoms with E-state index in [1.807, 2.05) is 44.7 Å². The van der Waals surface area contributed by atoms with Gasteiger partial charge < -0.3 is 9.64 Å². The third-order valence-electron chi connectivity index (χ3n) is 6.04. The molecule has 0 aliphatic carbocycles. The van der Waals surface area contributed by atoms with Crippen LogP contribution in [0.4, 0.5) is 18.9 Å². The van der Waals surface area contributed by atoms with Crippen molar-refractivity contribution in [3.05, 3.63) is 70.4 Å². The van der Waals surface area contributed by atoms with Crippen molar-refractivity contribution in [1.29, 1.82) is 0 Å². The van der Waals surface area contributed by atoms with Crippen molar-refractivity contribution in [2.24, 2.45) is 0 Å². The van der Waals surface area contributed by atoms with Crippen LogP contribution in [-0.2, 0) is 20.5 Å². The van der Waals surface area contributed by atoms with E-state index in [-0.39, 0.29) is 29.2 Å². The predicted molar refractivity (Wildman–Crippen MR) is 118 cm³/mol. The molecule has 0 spiro atoms. The van der Waals surface area contributed by atoms with Crippen LogP contribution >= 0.6 is 0 Å². The number of carbonyl (C=O) groups excluding carboxylic acids is 2. The van der Waals surface area contributed by atoms with Gasteiger partial charge in [-0.1, -0.05) is 18.2 Å². The van der Waals surface area contributed by atoms with Gasteiger partial charge >= 0.3 is 6.18 Å². The highest BCUT2D eigenvalue weighted by atomic mass is 19.4. The zero-order chi connectivity index (χ0) is 24.1. The first-order valence-electron chi connectivity index (χ1n) is 10.8. The van der Waals surface area contributed by atoms with Gasteiger partial charge in [0, 0.05) is 13.1 Å². The van der Waals surface area contributed by atoms with Crippen LogP contribution in [0.3, 0.4) is 0 Å². The molecule has 4 rings (SSSR count). The van der Waals surface area contributed by atoms with Crippen LogP contribution in [0, 0.1) is 13.8 Å². The van der Waals surface area contributed by atoms with Crippen molar-refractivity contribution in [2.75, 3.05) is 18.0 Å². The Balaban J connectivity index is 1.81. The minimum atomic E-state index is -4.51. The monoisotopic (exact) mass is 458 g/mol. The largest absolute Gasteiger partial charge is 0.416 e. The van der Waals surface area contributed by atoms with E-state index in [1.54, 1.807) is 6.07 Å². The molecule has 2 aliphatic rings. The van der Waals surface area contributed by atoms with E-state index in [0.717, 1.165) is 40.3 Å². The number of alkyl halides is 3. The van der Waals surface area contributed by atoms with Crippen molar-refractivity contribution in [3.63, 3.8) is 0 Å². The Morgan fingerprint density at radius 1 is 0.879 bits per heavy atom. The maximum Gasteiger partial charge on any atom is 0.416 e. The number of hydrogen-bond donors (Lipinski definition) is 0. The van der Waals surface area contributed by atoms with Crippen molar-refractivity contribution in [3.8, 4) is 0 Å². The van der Waals surface area contributed by atoms with E-state index < -0.39 is 23.6 Å². The molecule has 1 fully saturated rings. The molecule has 0 aromatic heterocycles. The minimum Gasteiger partial charge on any atom is -0.372 e. The van der Waals surface area contributed by atoms with Gasteiger partial charge in [0.2, 0.25) is 0 Å². The molecule has 0 N–H and O–H groups in total. The molecule has 2 heterocycles. The lowest BCUT2D eigenvalue weighted by Gasteiger charge is -2.37. The van der Waals surface area contributed by atoms with E-state index in [4.69, 9.17) is 4.74 Å². The fraction of sp³-hybridized carbons (Fsp3) is 0.360. The van der Waals surface area contributed by atoms with Gasteiger partial charge in [0.25, 0.3) is 11.8 Å². The molecule has 8 heteroatoms. The first-order chi connectivity index (χ1) is 15.5. The molecule has 2 amide bonds. The summed E-state index contributed by atoms with van der Waals surface area (Å²) in [4.78, 5) is 30.0. The van der Waals surface area contributed by atoms with Crippen LogP contribution < -0.4 is 4.90 Å². The molecule has 0 radical (unpaired) electrons. The Morgan fingerprint density at radius 2 is 1.48 bits per heavy atom. The third-order valence-corrected chi connectivity index (χ3v) is 6.04. The number of benzene rings is 2. The summed E-state index contributed by atoms with van der Waals surface area (Å²) >= 11 is 0. The highest BCUT2D eigenvalue weighted by Gasteiger charge is 2.44. The molecule has 2 unspecified atom stereocenters. The second-order valence-corrected chi connectivity index (χ2v) is 8.68. The summed E-state index contributed by atoms with van der Waals surface area (Å²) in [5.74, 6) is -1.10. The Kier molecular flexibility index (Phi) is 5.82. The molecule has 0 saturated carbocycles. The zero-order valence-electron chi connectivity index (χ0n) is 18.9. The first kappa shape index (κ1) is 23.0. The molecule has 1 saturated heterocycles. The number of hydrogen-bond acceptors (Lipinski definition) is 4. The normalized spacial score (nSPS) is 21.9. The number of nitrogens with zero attached hydrogens (tertiary/aromatic N) is 2. The smallest absolute Gasteiger partial charge is 0.372 e. The molecular weight excluding hydrogens is 433 g/mol. The summed E-state index contributed by atoms with van der Waals surface area (Å²) in [6.07, 6.45) is -4.80. The quantitative estimate of drug-likeness (QED) is 0.625. The van der Waals surface area contributed by atoms with Crippen LogP contribution in [0.1, 0.15) is 36.1 Å². The second-order valence-electron chi connectivity index (χ2n) is 8.68. The molecule has 5 nitrogen and oxygen atoms in total. The highest BCUT2D eigenvalue weighted by Crippen LogP contribution is 2.37. The van der Waals surface area contributed by atoms with Gasteiger partial charge in [-0.15, -0.1) is 0 Å². The number of amides is 2. The van der Waals surface area contributed by atoms with Crippen LogP contribution in [0.2, 0.25) is 0 Å². The fourth-order valence-corrected chi connectivity index (χ4v) is 4.36. The second kappa shape index (κ2) is 8.33. The Morgan fingerprint density at radius 3 is 2.03 bits per heavy atom. The topological polar surface area (TPSA) is 49.9 Å². The SMILES string of the molecule is Cc1ccc(C2=C(N3CC(C)OC(C)C3)C(=O)N(c3ccc(C(F)(F)F)cc3)C2=O)cc1C. The average Bonchev–Trinajstić information content (AvgIpc) is 2.99. The van der Waals surface area contributed by atoms with Crippen LogP contribution in [0.25, 0.3) is 5.57 Å². The van der Waals surface area contributed by atoms with Crippen molar-refractivity contribution < 1.29 is 27.5 Å². The van der Waals surface area contributed by atoms with Gasteiger partial charge in [-0.3, -0.25) is 9.59 Å². The summed E-state index contributed by atoms with van der Waals surface area (Å²) < 4.78 is 44.8. The molecule has 0 bridgehead atoms. The van der Waals surface area contributed by atoms with Gasteiger partial charge in [-0.05, 0) is 68.7 Å². The van der Waals surface area contributed by atoms with Gasteiger partial charge in [-0.25, -0.2) is 4.90 Å². The number of aryl methyl sites for hydroxylation is 2. The Labute approximate surface area is 190 Å². The molecule has 2 aromatic rings. The third kappa shape index (κ3) is 4.27. The zero-order valence-corrected chi connectivity index (χ0v) is 18.9. The molecule has 2 aromatic carbocycles. The average molecular weight is 458 g/mol. The van der Waals surface area contributed by atoms with Crippen LogP contribution in [0.15, 0.2) is 48.2 Å². The maximum atomic E-state index is 13.6. The lowest BCUT2D eigenvalue weighted by atomic mass is 9.99. The number of morpholine rings is 1. The summed E-state index contributed by atoms with van der Waals surface area (Å²) in [7, 11) is 0. The Bertz CT molecular complexity index is 1130. The predicted octanol–water partition coefficient (Wildman–Crippen LogP) is 4.72. The fourth-order valence-electron chi connectivity index (χ4n) is 4.36. The molecular formula is C25H25F3N2O3. The molecule has 33 heavy (non-hydrogen) atoms. The number of ether oxygens (including phenoxy) is 1. The maximum absolute atomic E-state index is 13.6. The van der Waals surface area contributed by atoms with Crippen molar-refractivity contribution in [1.82, 2.24) is 4.90 Å². The summed E-state index contributed by atoms with van der Waals surface area (Å²) in [5, 5.41) is 0. The van der Waals surface area contributed by atoms with E-state index in [9.17, 15) is 22.8 Å². The van der Waals surface area contributed by atoms with E-state index in [0.29, 0.717) is 18.7 Å².